The average molecular weight is 497 g/mol. The van der Waals surface area contributed by atoms with E-state index in [9.17, 15) is 13.2 Å². The Labute approximate surface area is 207 Å². The van der Waals surface area contributed by atoms with E-state index in [0.717, 1.165) is 22.3 Å². The van der Waals surface area contributed by atoms with E-state index in [1.165, 1.54) is 4.31 Å². The van der Waals surface area contributed by atoms with Crippen molar-refractivity contribution in [3.05, 3.63) is 82.9 Å². The molecule has 0 saturated carbocycles. The molecule has 1 N–H and O–H groups in total. The van der Waals surface area contributed by atoms with Crippen molar-refractivity contribution in [2.45, 2.75) is 38.6 Å². The lowest BCUT2D eigenvalue weighted by Gasteiger charge is -2.27. The molecule has 7 nitrogen and oxygen atoms in total. The minimum Gasteiger partial charge on any atom is -0.493 e. The van der Waals surface area contributed by atoms with E-state index in [2.05, 4.69) is 5.32 Å². The average Bonchev–Trinajstić information content (AvgIpc) is 2.83. The van der Waals surface area contributed by atoms with Gasteiger partial charge < -0.3 is 14.8 Å². The van der Waals surface area contributed by atoms with Crippen LogP contribution in [0.5, 0.6) is 11.5 Å². The van der Waals surface area contributed by atoms with Gasteiger partial charge in [-0.2, -0.15) is 0 Å². The third-order valence-corrected chi connectivity index (χ3v) is 7.59. The van der Waals surface area contributed by atoms with Crippen molar-refractivity contribution in [3.63, 3.8) is 0 Å². The van der Waals surface area contributed by atoms with Crippen LogP contribution in [0.15, 0.2) is 65.6 Å². The molecule has 186 valence electrons. The Bertz CT molecular complexity index is 1300. The Balaban J connectivity index is 1.92. The topological polar surface area (TPSA) is 84.9 Å². The standard InChI is InChI=1S/C27H32N2O5S/c1-18-8-12-23(13-9-18)35(31,32)29(24-15-19(2)7-10-20(24)3)17-27(30)28-21(4)22-11-14-25(33-5)26(16-22)34-6/h7-16,21H,17H2,1-6H3,(H,28,30)/t21-/m0/s1. The zero-order chi connectivity index (χ0) is 25.8. The molecule has 8 heteroatoms. The molecule has 0 aliphatic heterocycles. The van der Waals surface area contributed by atoms with E-state index in [1.807, 2.05) is 45.9 Å². The lowest BCUT2D eigenvalue weighted by Crippen LogP contribution is -2.42. The van der Waals surface area contributed by atoms with Gasteiger partial charge >= 0.3 is 0 Å². The van der Waals surface area contributed by atoms with Crippen LogP contribution in [0.4, 0.5) is 5.69 Å². The van der Waals surface area contributed by atoms with Gasteiger partial charge in [-0.1, -0.05) is 35.9 Å². The number of benzene rings is 3. The Hall–Kier alpha value is -3.52. The third-order valence-electron chi connectivity index (χ3n) is 5.81. The number of hydrogen-bond donors (Lipinski definition) is 1. The number of hydrogen-bond acceptors (Lipinski definition) is 5. The summed E-state index contributed by atoms with van der Waals surface area (Å²) < 4.78 is 39.1. The van der Waals surface area contributed by atoms with Crippen molar-refractivity contribution < 1.29 is 22.7 Å². The number of anilines is 1. The van der Waals surface area contributed by atoms with Gasteiger partial charge in [-0.15, -0.1) is 0 Å². The Morgan fingerprint density at radius 1 is 0.886 bits per heavy atom. The van der Waals surface area contributed by atoms with Crippen LogP contribution in [0.25, 0.3) is 0 Å². The summed E-state index contributed by atoms with van der Waals surface area (Å²) in [5.74, 6) is 0.703. The van der Waals surface area contributed by atoms with Crippen molar-refractivity contribution in [2.24, 2.45) is 0 Å². The predicted molar refractivity (Wildman–Crippen MR) is 138 cm³/mol. The second-order valence-corrected chi connectivity index (χ2v) is 10.4. The van der Waals surface area contributed by atoms with Crippen molar-refractivity contribution in [2.75, 3.05) is 25.1 Å². The molecule has 3 rings (SSSR count). The summed E-state index contributed by atoms with van der Waals surface area (Å²) in [6.45, 7) is 7.07. The highest BCUT2D eigenvalue weighted by Crippen LogP contribution is 2.31. The number of rotatable bonds is 9. The van der Waals surface area contributed by atoms with Gasteiger partial charge in [-0.25, -0.2) is 8.42 Å². The van der Waals surface area contributed by atoms with E-state index in [-0.39, 0.29) is 17.5 Å². The first-order valence-electron chi connectivity index (χ1n) is 11.2. The maximum Gasteiger partial charge on any atom is 0.264 e. The fraction of sp³-hybridized carbons (Fsp3) is 0.296. The van der Waals surface area contributed by atoms with Gasteiger partial charge in [0.05, 0.1) is 30.8 Å². The van der Waals surface area contributed by atoms with Gasteiger partial charge in [0.25, 0.3) is 10.0 Å². The summed E-state index contributed by atoms with van der Waals surface area (Å²) in [5.41, 5.74) is 3.87. The smallest absolute Gasteiger partial charge is 0.264 e. The van der Waals surface area contributed by atoms with Crippen LogP contribution in [0, 0.1) is 20.8 Å². The highest BCUT2D eigenvalue weighted by Gasteiger charge is 2.29. The number of carbonyl (C=O) groups is 1. The molecule has 0 heterocycles. The SMILES string of the molecule is COc1ccc([C@H](C)NC(=O)CN(c2cc(C)ccc2C)S(=O)(=O)c2ccc(C)cc2)cc1OC. The molecular weight excluding hydrogens is 464 g/mol. The normalized spacial score (nSPS) is 12.1. The van der Waals surface area contributed by atoms with Crippen LogP contribution in [0.2, 0.25) is 0 Å². The van der Waals surface area contributed by atoms with E-state index in [0.29, 0.717) is 17.2 Å². The summed E-state index contributed by atoms with van der Waals surface area (Å²) in [4.78, 5) is 13.3. The number of carbonyl (C=O) groups excluding carboxylic acids is 1. The minimum atomic E-state index is -3.99. The lowest BCUT2D eigenvalue weighted by atomic mass is 10.1. The van der Waals surface area contributed by atoms with Crippen LogP contribution in [-0.2, 0) is 14.8 Å². The minimum absolute atomic E-state index is 0.129. The second-order valence-electron chi connectivity index (χ2n) is 8.52. The number of sulfonamides is 1. The predicted octanol–water partition coefficient (Wildman–Crippen LogP) is 4.70. The number of nitrogens with zero attached hydrogens (tertiary/aromatic N) is 1. The number of ether oxygens (including phenoxy) is 2. The molecule has 0 aromatic heterocycles. The molecule has 0 spiro atoms. The Morgan fingerprint density at radius 2 is 1.51 bits per heavy atom. The van der Waals surface area contributed by atoms with Gasteiger partial charge in [-0.05, 0) is 74.7 Å². The van der Waals surface area contributed by atoms with E-state index in [4.69, 9.17) is 9.47 Å². The summed E-state index contributed by atoms with van der Waals surface area (Å²) >= 11 is 0. The molecule has 35 heavy (non-hydrogen) atoms. The molecule has 3 aromatic rings. The van der Waals surface area contributed by atoms with Gasteiger partial charge in [0.15, 0.2) is 11.5 Å². The fourth-order valence-electron chi connectivity index (χ4n) is 3.75. The number of methoxy groups -OCH3 is 2. The monoisotopic (exact) mass is 496 g/mol. The zero-order valence-corrected chi connectivity index (χ0v) is 21.8. The molecule has 0 aliphatic rings. The Kier molecular flexibility index (Phi) is 8.07. The zero-order valence-electron chi connectivity index (χ0n) is 21.0. The van der Waals surface area contributed by atoms with E-state index < -0.39 is 15.9 Å². The van der Waals surface area contributed by atoms with Crippen LogP contribution in [0.1, 0.15) is 35.2 Å². The summed E-state index contributed by atoms with van der Waals surface area (Å²) in [6, 6.07) is 17.2. The maximum absolute atomic E-state index is 13.7. The number of nitrogens with one attached hydrogen (secondary N) is 1. The summed E-state index contributed by atoms with van der Waals surface area (Å²) in [6.07, 6.45) is 0. The third kappa shape index (κ3) is 5.95. The first-order valence-corrected chi connectivity index (χ1v) is 12.7. The number of amides is 1. The Morgan fingerprint density at radius 3 is 2.14 bits per heavy atom. The van der Waals surface area contributed by atoms with E-state index in [1.54, 1.807) is 56.7 Å². The lowest BCUT2D eigenvalue weighted by molar-refractivity contribution is -0.120. The van der Waals surface area contributed by atoms with Crippen molar-refractivity contribution in [3.8, 4) is 11.5 Å². The van der Waals surface area contributed by atoms with Crippen LogP contribution < -0.4 is 19.1 Å². The summed E-state index contributed by atoms with van der Waals surface area (Å²) in [5, 5.41) is 2.91. The van der Waals surface area contributed by atoms with Crippen molar-refractivity contribution >= 4 is 21.6 Å². The summed E-state index contributed by atoms with van der Waals surface area (Å²) in [7, 11) is -0.890. The van der Waals surface area contributed by atoms with Crippen molar-refractivity contribution in [1.82, 2.24) is 5.32 Å². The van der Waals surface area contributed by atoms with Crippen LogP contribution >= 0.6 is 0 Å². The highest BCUT2D eigenvalue weighted by molar-refractivity contribution is 7.92. The van der Waals surface area contributed by atoms with Crippen molar-refractivity contribution in [1.29, 1.82) is 0 Å². The molecule has 3 aromatic carbocycles. The van der Waals surface area contributed by atoms with Crippen LogP contribution in [0.3, 0.4) is 0 Å². The maximum atomic E-state index is 13.7. The molecular formula is C27H32N2O5S. The van der Waals surface area contributed by atoms with Gasteiger partial charge in [0, 0.05) is 0 Å². The first-order chi connectivity index (χ1) is 16.6. The molecule has 1 amide bonds. The molecule has 0 fully saturated rings. The quantitative estimate of drug-likeness (QED) is 0.464. The van der Waals surface area contributed by atoms with Crippen LogP contribution in [-0.4, -0.2) is 35.1 Å². The van der Waals surface area contributed by atoms with Gasteiger partial charge in [-0.3, -0.25) is 9.10 Å². The largest absolute Gasteiger partial charge is 0.493 e. The van der Waals surface area contributed by atoms with Gasteiger partial charge in [0.2, 0.25) is 5.91 Å². The molecule has 0 bridgehead atoms. The first kappa shape index (κ1) is 26.1. The van der Waals surface area contributed by atoms with E-state index >= 15 is 0 Å². The molecule has 0 unspecified atom stereocenters. The molecule has 0 aliphatic carbocycles. The highest BCUT2D eigenvalue weighted by atomic mass is 32.2. The number of aryl methyl sites for hydroxylation is 3. The molecule has 0 saturated heterocycles. The molecule has 0 radical (unpaired) electrons. The second kappa shape index (κ2) is 10.8. The molecule has 1 atom stereocenters. The van der Waals surface area contributed by atoms with Gasteiger partial charge in [0.1, 0.15) is 6.54 Å². The fourth-order valence-corrected chi connectivity index (χ4v) is 5.23.